The van der Waals surface area contributed by atoms with E-state index in [0.717, 1.165) is 19.5 Å². The van der Waals surface area contributed by atoms with Crippen LogP contribution in [0.2, 0.25) is 5.02 Å². The molecule has 18 heavy (non-hydrogen) atoms. The summed E-state index contributed by atoms with van der Waals surface area (Å²) in [6.07, 6.45) is 0.792. The van der Waals surface area contributed by atoms with Crippen LogP contribution in [0, 0.1) is 0 Å². The van der Waals surface area contributed by atoms with Gasteiger partial charge in [0.15, 0.2) is 5.78 Å². The normalized spacial score (nSPS) is 14.6. The van der Waals surface area contributed by atoms with Crippen molar-refractivity contribution >= 4 is 17.4 Å². The van der Waals surface area contributed by atoms with Gasteiger partial charge in [-0.05, 0) is 38.6 Å². The van der Waals surface area contributed by atoms with Crippen LogP contribution in [-0.2, 0) is 0 Å². The van der Waals surface area contributed by atoms with Crippen LogP contribution in [0.1, 0.15) is 44.5 Å². The number of rotatable bonds is 6. The Hall–Kier alpha value is -0.860. The summed E-state index contributed by atoms with van der Waals surface area (Å²) in [5.74, 6) is 0.149. The highest BCUT2D eigenvalue weighted by molar-refractivity contribution is 6.31. The molecule has 2 nitrogen and oxygen atoms in total. The SMILES string of the molecule is CCN(CC)C(C)(CC)C(=O)c1cccc(Cl)c1. The lowest BCUT2D eigenvalue weighted by Gasteiger charge is -2.38. The predicted molar refractivity (Wildman–Crippen MR) is 77.4 cm³/mol. The Balaban J connectivity index is 3.12. The molecule has 0 aliphatic heterocycles. The lowest BCUT2D eigenvalue weighted by molar-refractivity contribution is 0.0608. The van der Waals surface area contributed by atoms with Gasteiger partial charge in [-0.1, -0.05) is 44.5 Å². The zero-order valence-corrected chi connectivity index (χ0v) is 12.4. The molecule has 0 saturated heterocycles. The van der Waals surface area contributed by atoms with Crippen LogP contribution in [0.25, 0.3) is 0 Å². The molecule has 0 bridgehead atoms. The first-order valence-corrected chi connectivity index (χ1v) is 6.92. The number of likely N-dealkylation sites (N-methyl/N-ethyl adjacent to an activating group) is 1. The summed E-state index contributed by atoms with van der Waals surface area (Å²) >= 11 is 5.96. The maximum atomic E-state index is 12.7. The molecule has 0 spiro atoms. The average molecular weight is 268 g/mol. The van der Waals surface area contributed by atoms with E-state index in [-0.39, 0.29) is 5.78 Å². The first-order valence-electron chi connectivity index (χ1n) is 6.55. The quantitative estimate of drug-likeness (QED) is 0.725. The van der Waals surface area contributed by atoms with Gasteiger partial charge in [-0.3, -0.25) is 9.69 Å². The van der Waals surface area contributed by atoms with Crippen molar-refractivity contribution in [3.8, 4) is 0 Å². The molecule has 1 aromatic rings. The topological polar surface area (TPSA) is 20.3 Å². The van der Waals surface area contributed by atoms with Crippen LogP contribution >= 0.6 is 11.6 Å². The molecule has 0 N–H and O–H groups in total. The molecule has 3 heteroatoms. The Kier molecular flexibility index (Phi) is 5.36. The predicted octanol–water partition coefficient (Wildman–Crippen LogP) is 4.03. The minimum absolute atomic E-state index is 0.149. The fourth-order valence-electron chi connectivity index (χ4n) is 2.39. The van der Waals surface area contributed by atoms with Crippen molar-refractivity contribution in [3.63, 3.8) is 0 Å². The Bertz CT molecular complexity index is 415. The molecule has 1 rings (SSSR count). The van der Waals surface area contributed by atoms with Gasteiger partial charge in [0.25, 0.3) is 0 Å². The van der Waals surface area contributed by atoms with E-state index in [1.165, 1.54) is 0 Å². The molecule has 1 unspecified atom stereocenters. The lowest BCUT2D eigenvalue weighted by atomic mass is 9.86. The van der Waals surface area contributed by atoms with Gasteiger partial charge >= 0.3 is 0 Å². The van der Waals surface area contributed by atoms with Gasteiger partial charge in [-0.15, -0.1) is 0 Å². The Labute approximate surface area is 115 Å². The molecule has 100 valence electrons. The number of carbonyl (C=O) groups excluding carboxylic acids is 1. The number of halogens is 1. The summed E-state index contributed by atoms with van der Waals surface area (Å²) in [4.78, 5) is 14.9. The second kappa shape index (κ2) is 6.35. The molecule has 0 heterocycles. The fourth-order valence-corrected chi connectivity index (χ4v) is 2.58. The van der Waals surface area contributed by atoms with Crippen LogP contribution in [0.15, 0.2) is 24.3 Å². The summed E-state index contributed by atoms with van der Waals surface area (Å²) in [6.45, 7) is 9.98. The van der Waals surface area contributed by atoms with E-state index >= 15 is 0 Å². The maximum Gasteiger partial charge on any atom is 0.182 e. The average Bonchev–Trinajstić information content (AvgIpc) is 2.38. The summed E-state index contributed by atoms with van der Waals surface area (Å²) in [6, 6.07) is 7.21. The van der Waals surface area contributed by atoms with Crippen molar-refractivity contribution in [2.45, 2.75) is 39.7 Å². The van der Waals surface area contributed by atoms with Gasteiger partial charge in [0.2, 0.25) is 0 Å². The van der Waals surface area contributed by atoms with E-state index < -0.39 is 5.54 Å². The van der Waals surface area contributed by atoms with Gasteiger partial charge < -0.3 is 0 Å². The van der Waals surface area contributed by atoms with Gasteiger partial charge in [-0.25, -0.2) is 0 Å². The molecule has 0 aliphatic carbocycles. The Morgan fingerprint density at radius 1 is 1.28 bits per heavy atom. The number of hydrogen-bond donors (Lipinski definition) is 0. The molecule has 0 amide bonds. The Morgan fingerprint density at radius 3 is 2.33 bits per heavy atom. The third-order valence-electron chi connectivity index (χ3n) is 3.73. The minimum Gasteiger partial charge on any atom is -0.292 e. The highest BCUT2D eigenvalue weighted by Crippen LogP contribution is 2.25. The number of carbonyl (C=O) groups is 1. The van der Waals surface area contributed by atoms with E-state index in [1.54, 1.807) is 12.1 Å². The van der Waals surface area contributed by atoms with Crippen molar-refractivity contribution in [2.24, 2.45) is 0 Å². The van der Waals surface area contributed by atoms with E-state index in [4.69, 9.17) is 11.6 Å². The molecule has 0 aromatic heterocycles. The van der Waals surface area contributed by atoms with Gasteiger partial charge in [0.05, 0.1) is 5.54 Å². The van der Waals surface area contributed by atoms with Gasteiger partial charge in [0.1, 0.15) is 0 Å². The minimum atomic E-state index is -0.450. The van der Waals surface area contributed by atoms with E-state index in [9.17, 15) is 4.79 Å². The molecule has 1 aromatic carbocycles. The van der Waals surface area contributed by atoms with Crippen molar-refractivity contribution < 1.29 is 4.79 Å². The fraction of sp³-hybridized carbons (Fsp3) is 0.533. The molecule has 0 aliphatic rings. The Morgan fingerprint density at radius 2 is 1.89 bits per heavy atom. The molecular formula is C15H22ClNO. The monoisotopic (exact) mass is 267 g/mol. The molecule has 0 fully saturated rings. The zero-order chi connectivity index (χ0) is 13.8. The molecule has 1 atom stereocenters. The number of Topliss-reactive ketones (excluding diaryl/α,β-unsaturated/α-hetero) is 1. The van der Waals surface area contributed by atoms with Crippen molar-refractivity contribution in [1.82, 2.24) is 4.90 Å². The second-order valence-electron chi connectivity index (χ2n) is 4.64. The van der Waals surface area contributed by atoms with Crippen LogP contribution in [0.5, 0.6) is 0 Å². The second-order valence-corrected chi connectivity index (χ2v) is 5.08. The number of benzene rings is 1. The molecule has 0 saturated carbocycles. The third kappa shape index (κ3) is 2.93. The largest absolute Gasteiger partial charge is 0.292 e. The third-order valence-corrected chi connectivity index (χ3v) is 3.96. The highest BCUT2D eigenvalue weighted by Gasteiger charge is 2.36. The standard InChI is InChI=1S/C15H22ClNO/c1-5-15(4,17(6-2)7-3)14(18)12-9-8-10-13(16)11-12/h8-11H,5-7H2,1-4H3. The van der Waals surface area contributed by atoms with Crippen molar-refractivity contribution in [2.75, 3.05) is 13.1 Å². The first-order chi connectivity index (χ1) is 8.49. The van der Waals surface area contributed by atoms with Crippen LogP contribution in [-0.4, -0.2) is 29.3 Å². The van der Waals surface area contributed by atoms with Crippen LogP contribution < -0.4 is 0 Å². The van der Waals surface area contributed by atoms with E-state index in [0.29, 0.717) is 10.6 Å². The van der Waals surface area contributed by atoms with Gasteiger partial charge in [0, 0.05) is 10.6 Å². The molecule has 0 radical (unpaired) electrons. The van der Waals surface area contributed by atoms with Crippen molar-refractivity contribution in [1.29, 1.82) is 0 Å². The summed E-state index contributed by atoms with van der Waals surface area (Å²) in [7, 11) is 0. The van der Waals surface area contributed by atoms with E-state index in [1.807, 2.05) is 19.1 Å². The highest BCUT2D eigenvalue weighted by atomic mass is 35.5. The molecular weight excluding hydrogens is 246 g/mol. The lowest BCUT2D eigenvalue weighted by Crippen LogP contribution is -2.51. The van der Waals surface area contributed by atoms with E-state index in [2.05, 4.69) is 25.7 Å². The number of nitrogens with zero attached hydrogens (tertiary/aromatic N) is 1. The maximum absolute atomic E-state index is 12.7. The van der Waals surface area contributed by atoms with Crippen LogP contribution in [0.3, 0.4) is 0 Å². The summed E-state index contributed by atoms with van der Waals surface area (Å²) < 4.78 is 0. The van der Waals surface area contributed by atoms with Crippen molar-refractivity contribution in [3.05, 3.63) is 34.9 Å². The zero-order valence-electron chi connectivity index (χ0n) is 11.7. The van der Waals surface area contributed by atoms with Gasteiger partial charge in [-0.2, -0.15) is 0 Å². The smallest absolute Gasteiger partial charge is 0.182 e. The first kappa shape index (κ1) is 15.2. The van der Waals surface area contributed by atoms with Crippen LogP contribution in [0.4, 0.5) is 0 Å². The summed E-state index contributed by atoms with van der Waals surface area (Å²) in [5.41, 5.74) is 0.243. The summed E-state index contributed by atoms with van der Waals surface area (Å²) in [5, 5.41) is 0.610. The number of ketones is 1. The number of hydrogen-bond acceptors (Lipinski definition) is 2.